The number of pyridine rings is 1. The molecule has 0 bridgehead atoms. The number of carbonyl (C=O) groups excluding carboxylic acids is 1. The summed E-state index contributed by atoms with van der Waals surface area (Å²) in [5, 5.41) is 0. The molecule has 0 radical (unpaired) electrons. The number of para-hydroxylation sites is 1. The molecular formula is C18H19N3O2. The first-order chi connectivity index (χ1) is 11.3. The number of aromatic nitrogens is 1. The van der Waals surface area contributed by atoms with E-state index in [0.29, 0.717) is 5.56 Å². The van der Waals surface area contributed by atoms with E-state index in [0.717, 1.165) is 50.8 Å². The van der Waals surface area contributed by atoms with Crippen LogP contribution >= 0.6 is 0 Å². The number of carbonyl (C=O) groups is 1. The van der Waals surface area contributed by atoms with Crippen LogP contribution in [0.2, 0.25) is 0 Å². The summed E-state index contributed by atoms with van der Waals surface area (Å²) in [5.74, 6) is 0.933. The van der Waals surface area contributed by atoms with Crippen molar-refractivity contribution in [3.05, 3.63) is 53.7 Å². The molecule has 0 unspecified atom stereocenters. The lowest BCUT2D eigenvalue weighted by Crippen LogP contribution is -2.36. The third kappa shape index (κ3) is 2.68. The Labute approximate surface area is 135 Å². The van der Waals surface area contributed by atoms with E-state index < -0.39 is 0 Å². The summed E-state index contributed by atoms with van der Waals surface area (Å²) in [6.07, 6.45) is 2.61. The molecule has 2 aliphatic rings. The molecule has 23 heavy (non-hydrogen) atoms. The third-order valence-electron chi connectivity index (χ3n) is 4.46. The highest BCUT2D eigenvalue weighted by Gasteiger charge is 2.25. The van der Waals surface area contributed by atoms with Crippen LogP contribution in [0.3, 0.4) is 0 Å². The third-order valence-corrected chi connectivity index (χ3v) is 4.46. The zero-order valence-electron chi connectivity index (χ0n) is 12.9. The lowest BCUT2D eigenvalue weighted by molar-refractivity contribution is 0.0989. The second kappa shape index (κ2) is 6.01. The summed E-state index contributed by atoms with van der Waals surface area (Å²) in [5.41, 5.74) is 2.90. The number of amides is 1. The highest BCUT2D eigenvalue weighted by molar-refractivity contribution is 6.07. The first-order valence-electron chi connectivity index (χ1n) is 8.01. The van der Waals surface area contributed by atoms with Crippen molar-refractivity contribution in [3.63, 3.8) is 0 Å². The summed E-state index contributed by atoms with van der Waals surface area (Å²) < 4.78 is 5.35. The fourth-order valence-corrected chi connectivity index (χ4v) is 3.20. The van der Waals surface area contributed by atoms with Gasteiger partial charge in [0.1, 0.15) is 5.82 Å². The van der Waals surface area contributed by atoms with E-state index in [4.69, 9.17) is 4.74 Å². The van der Waals surface area contributed by atoms with E-state index in [1.807, 2.05) is 35.2 Å². The van der Waals surface area contributed by atoms with Crippen LogP contribution in [-0.4, -0.2) is 43.7 Å². The molecule has 0 atom stereocenters. The molecule has 3 heterocycles. The molecule has 0 spiro atoms. The second-order valence-electron chi connectivity index (χ2n) is 5.84. The van der Waals surface area contributed by atoms with Crippen molar-refractivity contribution < 1.29 is 9.53 Å². The zero-order valence-corrected chi connectivity index (χ0v) is 12.9. The van der Waals surface area contributed by atoms with Crippen LogP contribution < -0.4 is 9.80 Å². The number of hydrogen-bond donors (Lipinski definition) is 0. The van der Waals surface area contributed by atoms with Crippen LogP contribution in [0.5, 0.6) is 0 Å². The Morgan fingerprint density at radius 1 is 1.04 bits per heavy atom. The molecule has 118 valence electrons. The summed E-state index contributed by atoms with van der Waals surface area (Å²) in [7, 11) is 0. The number of nitrogens with zero attached hydrogens (tertiary/aromatic N) is 3. The zero-order chi connectivity index (χ0) is 15.6. The van der Waals surface area contributed by atoms with Gasteiger partial charge < -0.3 is 14.5 Å². The Hall–Kier alpha value is -2.40. The minimum Gasteiger partial charge on any atom is -0.378 e. The van der Waals surface area contributed by atoms with Crippen LogP contribution in [0.4, 0.5) is 11.5 Å². The van der Waals surface area contributed by atoms with E-state index >= 15 is 0 Å². The Balaban J connectivity index is 1.53. The summed E-state index contributed by atoms with van der Waals surface area (Å²) in [6.45, 7) is 3.89. The largest absolute Gasteiger partial charge is 0.378 e. The molecule has 0 N–H and O–H groups in total. The van der Waals surface area contributed by atoms with Gasteiger partial charge in [-0.05, 0) is 30.2 Å². The van der Waals surface area contributed by atoms with E-state index in [2.05, 4.69) is 16.0 Å². The smallest absolute Gasteiger partial charge is 0.259 e. The average molecular weight is 309 g/mol. The SMILES string of the molecule is O=C(c1ccc(N2CCOCC2)nc1)N1CCc2ccccc21. The Morgan fingerprint density at radius 2 is 1.87 bits per heavy atom. The molecule has 1 saturated heterocycles. The Bertz CT molecular complexity index is 708. The van der Waals surface area contributed by atoms with Gasteiger partial charge in [-0.15, -0.1) is 0 Å². The van der Waals surface area contributed by atoms with Crippen LogP contribution in [0.15, 0.2) is 42.6 Å². The predicted octanol–water partition coefficient (Wildman–Crippen LogP) is 2.12. The van der Waals surface area contributed by atoms with Crippen LogP contribution in [0.1, 0.15) is 15.9 Å². The monoisotopic (exact) mass is 309 g/mol. The number of fused-ring (bicyclic) bond motifs is 1. The van der Waals surface area contributed by atoms with Gasteiger partial charge in [0.25, 0.3) is 5.91 Å². The molecule has 2 aromatic rings. The average Bonchev–Trinajstić information content (AvgIpc) is 3.06. The molecule has 1 aromatic carbocycles. The summed E-state index contributed by atoms with van der Waals surface area (Å²) >= 11 is 0. The molecule has 1 fully saturated rings. The van der Waals surface area contributed by atoms with Gasteiger partial charge in [-0.3, -0.25) is 4.79 Å². The molecule has 5 heteroatoms. The van der Waals surface area contributed by atoms with Crippen molar-refractivity contribution in [1.82, 2.24) is 4.98 Å². The molecule has 5 nitrogen and oxygen atoms in total. The summed E-state index contributed by atoms with van der Waals surface area (Å²) in [6, 6.07) is 11.9. The normalized spacial score (nSPS) is 17.2. The number of morpholine rings is 1. The van der Waals surface area contributed by atoms with E-state index in [1.54, 1.807) is 6.20 Å². The van der Waals surface area contributed by atoms with Crippen molar-refractivity contribution in [2.45, 2.75) is 6.42 Å². The van der Waals surface area contributed by atoms with Crippen LogP contribution in [0, 0.1) is 0 Å². The van der Waals surface area contributed by atoms with Gasteiger partial charge in [0.2, 0.25) is 0 Å². The fourth-order valence-electron chi connectivity index (χ4n) is 3.20. The van der Waals surface area contributed by atoms with Crippen molar-refractivity contribution in [1.29, 1.82) is 0 Å². The standard InChI is InChI=1S/C18H19N3O2/c22-18(21-8-7-14-3-1-2-4-16(14)21)15-5-6-17(19-13-15)20-9-11-23-12-10-20/h1-6,13H,7-12H2. The van der Waals surface area contributed by atoms with Gasteiger partial charge in [-0.2, -0.15) is 0 Å². The number of rotatable bonds is 2. The van der Waals surface area contributed by atoms with Crippen LogP contribution in [0.25, 0.3) is 0 Å². The number of ether oxygens (including phenoxy) is 1. The molecule has 0 saturated carbocycles. The van der Waals surface area contributed by atoms with E-state index in [1.165, 1.54) is 5.56 Å². The van der Waals surface area contributed by atoms with Gasteiger partial charge in [0.05, 0.1) is 18.8 Å². The van der Waals surface area contributed by atoms with Crippen molar-refractivity contribution in [2.24, 2.45) is 0 Å². The lowest BCUT2D eigenvalue weighted by Gasteiger charge is -2.27. The number of hydrogen-bond acceptors (Lipinski definition) is 4. The quantitative estimate of drug-likeness (QED) is 0.852. The Kier molecular flexibility index (Phi) is 3.71. The molecule has 2 aliphatic heterocycles. The predicted molar refractivity (Wildman–Crippen MR) is 89.1 cm³/mol. The maximum Gasteiger partial charge on any atom is 0.259 e. The first kappa shape index (κ1) is 14.2. The van der Waals surface area contributed by atoms with Gasteiger partial charge >= 0.3 is 0 Å². The minimum atomic E-state index is 0.0241. The van der Waals surface area contributed by atoms with E-state index in [-0.39, 0.29) is 5.91 Å². The fraction of sp³-hybridized carbons (Fsp3) is 0.333. The minimum absolute atomic E-state index is 0.0241. The lowest BCUT2D eigenvalue weighted by atomic mass is 10.2. The maximum absolute atomic E-state index is 12.7. The molecule has 4 rings (SSSR count). The number of anilines is 2. The highest BCUT2D eigenvalue weighted by Crippen LogP contribution is 2.28. The molecule has 1 aromatic heterocycles. The molecular weight excluding hydrogens is 290 g/mol. The Morgan fingerprint density at radius 3 is 2.65 bits per heavy atom. The van der Waals surface area contributed by atoms with Crippen LogP contribution in [-0.2, 0) is 11.2 Å². The topological polar surface area (TPSA) is 45.7 Å². The highest BCUT2D eigenvalue weighted by atomic mass is 16.5. The summed E-state index contributed by atoms with van der Waals surface area (Å²) in [4.78, 5) is 21.3. The van der Waals surface area contributed by atoms with Gasteiger partial charge in [-0.1, -0.05) is 18.2 Å². The molecule has 1 amide bonds. The first-order valence-corrected chi connectivity index (χ1v) is 8.01. The van der Waals surface area contributed by atoms with E-state index in [9.17, 15) is 4.79 Å². The molecule has 0 aliphatic carbocycles. The number of benzene rings is 1. The van der Waals surface area contributed by atoms with Crippen molar-refractivity contribution in [2.75, 3.05) is 42.6 Å². The second-order valence-corrected chi connectivity index (χ2v) is 5.84. The van der Waals surface area contributed by atoms with Crippen molar-refractivity contribution in [3.8, 4) is 0 Å². The van der Waals surface area contributed by atoms with Gasteiger partial charge in [0, 0.05) is 31.5 Å². The van der Waals surface area contributed by atoms with Gasteiger partial charge in [-0.25, -0.2) is 4.98 Å². The van der Waals surface area contributed by atoms with Crippen molar-refractivity contribution >= 4 is 17.4 Å². The maximum atomic E-state index is 12.7. The van der Waals surface area contributed by atoms with Gasteiger partial charge in [0.15, 0.2) is 0 Å².